The van der Waals surface area contributed by atoms with Crippen LogP contribution in [0, 0.1) is 25.2 Å². The lowest BCUT2D eigenvalue weighted by Crippen LogP contribution is -2.37. The molecule has 26 heavy (non-hydrogen) atoms. The van der Waals surface area contributed by atoms with Gasteiger partial charge in [-0.1, -0.05) is 0 Å². The predicted octanol–water partition coefficient (Wildman–Crippen LogP) is 1.91. The van der Waals surface area contributed by atoms with E-state index in [1.54, 1.807) is 11.1 Å². The van der Waals surface area contributed by atoms with E-state index in [0.717, 1.165) is 30.8 Å². The molecule has 8 heteroatoms. The van der Waals surface area contributed by atoms with Crippen LogP contribution in [0.1, 0.15) is 30.7 Å². The second-order valence-electron chi connectivity index (χ2n) is 7.52. The minimum atomic E-state index is -0.295. The maximum Gasteiger partial charge on any atom is 0.229 e. The Morgan fingerprint density at radius 2 is 2.23 bits per heavy atom. The number of nitrogens with zero attached hydrogens (tertiary/aromatic N) is 4. The number of aryl methyl sites for hydroxylation is 2. The Balaban J connectivity index is 1.33. The topological polar surface area (TPSA) is 80.1 Å². The molecule has 1 atom stereocenters. The quantitative estimate of drug-likeness (QED) is 0.839. The van der Waals surface area contributed by atoms with Crippen molar-refractivity contribution in [2.75, 3.05) is 18.0 Å². The molecule has 2 aromatic heterocycles. The third-order valence-electron chi connectivity index (χ3n) is 5.33. The fraction of sp³-hybridized carbons (Fsp3) is 0.556. The Morgan fingerprint density at radius 1 is 1.42 bits per heavy atom. The number of rotatable bonds is 6. The molecule has 1 saturated heterocycles. The van der Waals surface area contributed by atoms with Crippen LogP contribution in [-0.2, 0) is 16.1 Å². The second-order valence-corrected chi connectivity index (χ2v) is 8.40. The van der Waals surface area contributed by atoms with Gasteiger partial charge < -0.3 is 5.32 Å². The number of carbonyl (C=O) groups is 2. The van der Waals surface area contributed by atoms with Crippen LogP contribution in [0.25, 0.3) is 0 Å². The van der Waals surface area contributed by atoms with Gasteiger partial charge >= 0.3 is 0 Å². The van der Waals surface area contributed by atoms with E-state index in [9.17, 15) is 9.59 Å². The summed E-state index contributed by atoms with van der Waals surface area (Å²) in [6.45, 7) is 5.96. The van der Waals surface area contributed by atoms with Crippen LogP contribution in [0.3, 0.4) is 0 Å². The molecule has 0 aromatic carbocycles. The van der Waals surface area contributed by atoms with E-state index in [1.165, 1.54) is 11.3 Å². The minimum Gasteiger partial charge on any atom is -0.355 e. The van der Waals surface area contributed by atoms with E-state index in [1.807, 2.05) is 17.0 Å². The van der Waals surface area contributed by atoms with Crippen molar-refractivity contribution >= 4 is 28.3 Å². The van der Waals surface area contributed by atoms with Gasteiger partial charge in [-0.15, -0.1) is 11.3 Å². The summed E-state index contributed by atoms with van der Waals surface area (Å²) >= 11 is 1.42. The number of aromatic nitrogens is 3. The molecule has 1 saturated carbocycles. The standard InChI is InChI=1S/C18H23N5O2S/c1-12-7-13(2)23(21-12)11-18(3-4-18)10-20-16(25)14-8-15(24)22(9-14)17-19-5-6-26-17/h5-7,14H,3-4,8-11H2,1-2H3,(H,20,25). The van der Waals surface area contributed by atoms with Crippen molar-refractivity contribution in [1.29, 1.82) is 0 Å². The fourth-order valence-electron chi connectivity index (χ4n) is 3.56. The minimum absolute atomic E-state index is 0.0242. The molecular formula is C18H23N5O2S. The second kappa shape index (κ2) is 6.50. The summed E-state index contributed by atoms with van der Waals surface area (Å²) in [4.78, 5) is 30.6. The lowest BCUT2D eigenvalue weighted by molar-refractivity contribution is -0.126. The number of nitrogens with one attached hydrogen (secondary N) is 1. The molecule has 0 spiro atoms. The Labute approximate surface area is 156 Å². The van der Waals surface area contributed by atoms with Crippen molar-refractivity contribution in [2.24, 2.45) is 11.3 Å². The molecule has 2 amide bonds. The fourth-order valence-corrected chi connectivity index (χ4v) is 4.23. The smallest absolute Gasteiger partial charge is 0.229 e. The van der Waals surface area contributed by atoms with Gasteiger partial charge in [0.25, 0.3) is 0 Å². The number of carbonyl (C=O) groups excluding carboxylic acids is 2. The molecule has 1 aliphatic heterocycles. The largest absolute Gasteiger partial charge is 0.355 e. The summed E-state index contributed by atoms with van der Waals surface area (Å²) < 4.78 is 2.04. The van der Waals surface area contributed by atoms with E-state index in [0.29, 0.717) is 18.2 Å². The highest BCUT2D eigenvalue weighted by molar-refractivity contribution is 7.13. The summed E-state index contributed by atoms with van der Waals surface area (Å²) in [5.41, 5.74) is 2.28. The van der Waals surface area contributed by atoms with Gasteiger partial charge in [0.15, 0.2) is 5.13 Å². The van der Waals surface area contributed by atoms with Gasteiger partial charge in [0.05, 0.1) is 11.6 Å². The summed E-state index contributed by atoms with van der Waals surface area (Å²) in [6, 6.07) is 2.08. The molecule has 1 aliphatic carbocycles. The summed E-state index contributed by atoms with van der Waals surface area (Å²) in [5.74, 6) is -0.350. The van der Waals surface area contributed by atoms with Crippen molar-refractivity contribution in [2.45, 2.75) is 39.7 Å². The molecule has 3 heterocycles. The van der Waals surface area contributed by atoms with Gasteiger partial charge in [0, 0.05) is 48.7 Å². The number of hydrogen-bond donors (Lipinski definition) is 1. The molecule has 4 rings (SSSR count). The van der Waals surface area contributed by atoms with Crippen molar-refractivity contribution in [3.05, 3.63) is 29.0 Å². The van der Waals surface area contributed by atoms with Crippen LogP contribution in [-0.4, -0.2) is 39.7 Å². The summed E-state index contributed by atoms with van der Waals surface area (Å²) in [6.07, 6.45) is 4.13. The Hall–Kier alpha value is -2.22. The van der Waals surface area contributed by atoms with Gasteiger partial charge in [0.1, 0.15) is 0 Å². The monoisotopic (exact) mass is 373 g/mol. The molecule has 2 aromatic rings. The van der Waals surface area contributed by atoms with Crippen LogP contribution < -0.4 is 10.2 Å². The van der Waals surface area contributed by atoms with Gasteiger partial charge in [-0.3, -0.25) is 19.2 Å². The Kier molecular flexibility index (Phi) is 4.30. The third kappa shape index (κ3) is 3.38. The maximum atomic E-state index is 12.6. The first-order valence-electron chi connectivity index (χ1n) is 8.94. The molecule has 7 nitrogen and oxygen atoms in total. The molecule has 0 radical (unpaired) electrons. The zero-order valence-corrected chi connectivity index (χ0v) is 15.9. The van der Waals surface area contributed by atoms with Gasteiger partial charge in [-0.05, 0) is 32.8 Å². The first kappa shape index (κ1) is 17.2. The van der Waals surface area contributed by atoms with E-state index < -0.39 is 0 Å². The Bertz CT molecular complexity index is 825. The van der Waals surface area contributed by atoms with E-state index >= 15 is 0 Å². The number of thiazole rings is 1. The van der Waals surface area contributed by atoms with Crippen molar-refractivity contribution in [1.82, 2.24) is 20.1 Å². The first-order chi connectivity index (χ1) is 12.5. The van der Waals surface area contributed by atoms with Crippen LogP contribution in [0.5, 0.6) is 0 Å². The van der Waals surface area contributed by atoms with Crippen LogP contribution in [0.4, 0.5) is 5.13 Å². The molecule has 0 bridgehead atoms. The Morgan fingerprint density at radius 3 is 2.85 bits per heavy atom. The predicted molar refractivity (Wildman–Crippen MR) is 99.0 cm³/mol. The van der Waals surface area contributed by atoms with Gasteiger partial charge in [-0.2, -0.15) is 5.10 Å². The molecule has 138 valence electrons. The van der Waals surface area contributed by atoms with Crippen molar-refractivity contribution in [3.8, 4) is 0 Å². The van der Waals surface area contributed by atoms with Crippen LogP contribution >= 0.6 is 11.3 Å². The SMILES string of the molecule is Cc1cc(C)n(CC2(CNC(=O)C3CC(=O)N(c4nccs4)C3)CC2)n1. The van der Waals surface area contributed by atoms with Crippen LogP contribution in [0.15, 0.2) is 17.6 Å². The molecule has 2 fully saturated rings. The van der Waals surface area contributed by atoms with Gasteiger partial charge in [0.2, 0.25) is 11.8 Å². The number of amides is 2. The van der Waals surface area contributed by atoms with Crippen molar-refractivity contribution < 1.29 is 9.59 Å². The number of hydrogen-bond acceptors (Lipinski definition) is 5. The van der Waals surface area contributed by atoms with E-state index in [2.05, 4.69) is 28.4 Å². The average Bonchev–Trinajstić information content (AvgIpc) is 2.93. The summed E-state index contributed by atoms with van der Waals surface area (Å²) in [7, 11) is 0. The van der Waals surface area contributed by atoms with Gasteiger partial charge in [-0.25, -0.2) is 4.98 Å². The maximum absolute atomic E-state index is 12.6. The van der Waals surface area contributed by atoms with Crippen LogP contribution in [0.2, 0.25) is 0 Å². The number of anilines is 1. The summed E-state index contributed by atoms with van der Waals surface area (Å²) in [5, 5.41) is 10.1. The molecule has 1 N–H and O–H groups in total. The highest BCUT2D eigenvalue weighted by Gasteiger charge is 2.44. The first-order valence-corrected chi connectivity index (χ1v) is 9.82. The third-order valence-corrected chi connectivity index (χ3v) is 6.12. The highest BCUT2D eigenvalue weighted by Crippen LogP contribution is 2.46. The lowest BCUT2D eigenvalue weighted by Gasteiger charge is -2.19. The van der Waals surface area contributed by atoms with E-state index in [-0.39, 0.29) is 29.6 Å². The highest BCUT2D eigenvalue weighted by atomic mass is 32.1. The molecule has 2 aliphatic rings. The zero-order valence-electron chi connectivity index (χ0n) is 15.1. The molecular weight excluding hydrogens is 350 g/mol. The average molecular weight is 373 g/mol. The normalized spacial score (nSPS) is 21.2. The lowest BCUT2D eigenvalue weighted by atomic mass is 10.1. The molecule has 1 unspecified atom stereocenters. The zero-order chi connectivity index (χ0) is 18.3. The van der Waals surface area contributed by atoms with Crippen molar-refractivity contribution in [3.63, 3.8) is 0 Å². The van der Waals surface area contributed by atoms with E-state index in [4.69, 9.17) is 0 Å².